The first kappa shape index (κ1) is 8.47. The predicted molar refractivity (Wildman–Crippen MR) is 40.9 cm³/mol. The van der Waals surface area contributed by atoms with Crippen LogP contribution in [0.2, 0.25) is 6.04 Å². The van der Waals surface area contributed by atoms with Crippen LogP contribution in [-0.4, -0.2) is 29.3 Å². The monoisotopic (exact) mass is 152 g/mol. The van der Waals surface area contributed by atoms with Gasteiger partial charge in [0, 0.05) is 16.1 Å². The van der Waals surface area contributed by atoms with Gasteiger partial charge in [0.05, 0.1) is 13.2 Å². The van der Waals surface area contributed by atoms with E-state index in [0.717, 1.165) is 19.1 Å². The van der Waals surface area contributed by atoms with Crippen LogP contribution in [0.5, 0.6) is 0 Å². The van der Waals surface area contributed by atoms with Gasteiger partial charge in [-0.25, -0.2) is 0 Å². The average molecular weight is 153 g/mol. The molecular formula is C5H13ClOSi. The molecular weight excluding hydrogens is 140 g/mol. The molecule has 0 aliphatic carbocycles. The smallest absolute Gasteiger partial charge is 0.0701 e. The summed E-state index contributed by atoms with van der Waals surface area (Å²) in [5, 5.41) is 0. The fourth-order valence-electron chi connectivity index (χ4n) is 0.134. The Bertz CT molecular complexity index is 36.7. The minimum Gasteiger partial charge on any atom is -0.377 e. The molecule has 1 nitrogen and oxygen atoms in total. The van der Waals surface area contributed by atoms with Crippen molar-refractivity contribution in [2.75, 3.05) is 19.1 Å². The van der Waals surface area contributed by atoms with Crippen LogP contribution in [0.25, 0.3) is 0 Å². The first-order valence-corrected chi connectivity index (χ1v) is 5.00. The number of rotatable bonds is 2. The normalized spacial score (nSPS) is 14.6. The standard InChI is InChI=1S/C3H9ClSi.C2H4O/c4-2-1-3-5;1-2-3-1/h1-3H2,5H3;1-2H2. The maximum Gasteiger partial charge on any atom is 0.0701 e. The molecule has 1 saturated heterocycles. The van der Waals surface area contributed by atoms with Gasteiger partial charge in [-0.1, -0.05) is 6.04 Å². The number of hydrogen-bond acceptors (Lipinski definition) is 1. The molecule has 0 aromatic heterocycles. The van der Waals surface area contributed by atoms with Crippen LogP contribution in [0.1, 0.15) is 6.42 Å². The van der Waals surface area contributed by atoms with Crippen molar-refractivity contribution in [3.63, 3.8) is 0 Å². The maximum absolute atomic E-state index is 5.32. The fraction of sp³-hybridized carbons (Fsp3) is 1.00. The first-order chi connectivity index (χ1) is 3.91. The van der Waals surface area contributed by atoms with Crippen LogP contribution in [-0.2, 0) is 4.74 Å². The predicted octanol–water partition coefficient (Wildman–Crippen LogP) is 0.416. The van der Waals surface area contributed by atoms with Gasteiger partial charge in [0.1, 0.15) is 0 Å². The minimum atomic E-state index is 0.851. The molecule has 50 valence electrons. The Morgan fingerprint density at radius 1 is 1.50 bits per heavy atom. The third-order valence-electron chi connectivity index (χ3n) is 0.691. The number of halogens is 1. The molecule has 0 N–H and O–H groups in total. The zero-order valence-corrected chi connectivity index (χ0v) is 8.08. The summed E-state index contributed by atoms with van der Waals surface area (Å²) in [4.78, 5) is 0. The van der Waals surface area contributed by atoms with Crippen molar-refractivity contribution in [3.8, 4) is 0 Å². The summed E-state index contributed by atoms with van der Waals surface area (Å²) >= 11 is 5.32. The highest BCUT2D eigenvalue weighted by molar-refractivity contribution is 6.18. The lowest BCUT2D eigenvalue weighted by Crippen LogP contribution is -1.68. The third kappa shape index (κ3) is 16.1. The second kappa shape index (κ2) is 7.47. The van der Waals surface area contributed by atoms with Crippen molar-refractivity contribution < 1.29 is 4.74 Å². The van der Waals surface area contributed by atoms with Gasteiger partial charge in [-0.2, -0.15) is 0 Å². The fourth-order valence-corrected chi connectivity index (χ4v) is 1.20. The first-order valence-electron chi connectivity index (χ1n) is 3.05. The van der Waals surface area contributed by atoms with Crippen LogP contribution in [0.3, 0.4) is 0 Å². The Labute approximate surface area is 58.8 Å². The highest BCUT2D eigenvalue weighted by atomic mass is 35.5. The van der Waals surface area contributed by atoms with Crippen LogP contribution in [0, 0.1) is 0 Å². The zero-order valence-electron chi connectivity index (χ0n) is 5.32. The highest BCUT2D eigenvalue weighted by Gasteiger charge is 1.94. The van der Waals surface area contributed by atoms with E-state index in [4.69, 9.17) is 11.6 Å². The number of hydrogen-bond donors (Lipinski definition) is 0. The summed E-state index contributed by atoms with van der Waals surface area (Å²) in [5.74, 6) is 0.851. The van der Waals surface area contributed by atoms with Gasteiger partial charge >= 0.3 is 0 Å². The van der Waals surface area contributed by atoms with E-state index >= 15 is 0 Å². The van der Waals surface area contributed by atoms with E-state index in [9.17, 15) is 0 Å². The summed E-state index contributed by atoms with van der Waals surface area (Å²) in [5.41, 5.74) is 0. The van der Waals surface area contributed by atoms with Crippen LogP contribution < -0.4 is 0 Å². The topological polar surface area (TPSA) is 12.5 Å². The van der Waals surface area contributed by atoms with Crippen molar-refractivity contribution in [2.24, 2.45) is 0 Å². The van der Waals surface area contributed by atoms with E-state index in [-0.39, 0.29) is 0 Å². The number of epoxide rings is 1. The molecule has 0 bridgehead atoms. The largest absolute Gasteiger partial charge is 0.377 e. The number of ether oxygens (including phenoxy) is 1. The molecule has 0 unspecified atom stereocenters. The highest BCUT2D eigenvalue weighted by Crippen LogP contribution is 1.85. The van der Waals surface area contributed by atoms with Crippen molar-refractivity contribution in [2.45, 2.75) is 12.5 Å². The summed E-state index contributed by atoms with van der Waals surface area (Å²) in [7, 11) is 1.31. The zero-order chi connectivity index (χ0) is 6.24. The summed E-state index contributed by atoms with van der Waals surface area (Å²) in [6.45, 7) is 2.00. The summed E-state index contributed by atoms with van der Waals surface area (Å²) in [6, 6.07) is 1.35. The van der Waals surface area contributed by atoms with Crippen molar-refractivity contribution in [1.82, 2.24) is 0 Å². The van der Waals surface area contributed by atoms with E-state index in [1.807, 2.05) is 0 Å². The van der Waals surface area contributed by atoms with E-state index in [2.05, 4.69) is 4.74 Å². The summed E-state index contributed by atoms with van der Waals surface area (Å²) < 4.78 is 4.50. The molecule has 8 heavy (non-hydrogen) atoms. The lowest BCUT2D eigenvalue weighted by atomic mass is 10.6. The lowest BCUT2D eigenvalue weighted by Gasteiger charge is -1.77. The van der Waals surface area contributed by atoms with Crippen LogP contribution >= 0.6 is 11.6 Å². The van der Waals surface area contributed by atoms with E-state index in [1.54, 1.807) is 0 Å². The Hall–Kier alpha value is 0.467. The molecule has 0 radical (unpaired) electrons. The lowest BCUT2D eigenvalue weighted by molar-refractivity contribution is 0.475. The Morgan fingerprint density at radius 3 is 2.00 bits per heavy atom. The number of alkyl halides is 1. The van der Waals surface area contributed by atoms with E-state index < -0.39 is 0 Å². The van der Waals surface area contributed by atoms with Gasteiger partial charge < -0.3 is 4.74 Å². The molecule has 1 heterocycles. The van der Waals surface area contributed by atoms with Crippen LogP contribution in [0.4, 0.5) is 0 Å². The average Bonchev–Trinajstić information content (AvgIpc) is 2.50. The van der Waals surface area contributed by atoms with Crippen molar-refractivity contribution in [3.05, 3.63) is 0 Å². The second-order valence-electron chi connectivity index (χ2n) is 1.65. The van der Waals surface area contributed by atoms with Gasteiger partial charge in [-0.15, -0.1) is 11.6 Å². The summed E-state index contributed by atoms with van der Waals surface area (Å²) in [6.07, 6.45) is 1.22. The third-order valence-corrected chi connectivity index (χ3v) is 1.67. The van der Waals surface area contributed by atoms with Gasteiger partial charge in [-0.05, 0) is 6.42 Å². The molecule has 3 heteroatoms. The van der Waals surface area contributed by atoms with Crippen LogP contribution in [0.15, 0.2) is 0 Å². The van der Waals surface area contributed by atoms with E-state index in [0.29, 0.717) is 0 Å². The van der Waals surface area contributed by atoms with Crippen molar-refractivity contribution >= 4 is 21.8 Å². The van der Waals surface area contributed by atoms with Gasteiger partial charge in [0.2, 0.25) is 0 Å². The van der Waals surface area contributed by atoms with Gasteiger partial charge in [0.15, 0.2) is 0 Å². The molecule has 0 atom stereocenters. The molecule has 0 amide bonds. The molecule has 0 aromatic carbocycles. The Kier molecular flexibility index (Phi) is 7.90. The molecule has 0 spiro atoms. The molecule has 1 rings (SSSR count). The second-order valence-corrected chi connectivity index (χ2v) is 3.03. The van der Waals surface area contributed by atoms with Crippen molar-refractivity contribution in [1.29, 1.82) is 0 Å². The Morgan fingerprint density at radius 2 is 2.00 bits per heavy atom. The SMILES string of the molecule is C1CO1.[SiH3]CCCCl. The quantitative estimate of drug-likeness (QED) is 0.318. The molecule has 0 aromatic rings. The minimum absolute atomic E-state index is 0.851. The molecule has 1 fully saturated rings. The molecule has 0 saturated carbocycles. The maximum atomic E-state index is 5.32. The van der Waals surface area contributed by atoms with Gasteiger partial charge in [-0.3, -0.25) is 0 Å². The van der Waals surface area contributed by atoms with E-state index in [1.165, 1.54) is 22.7 Å². The molecule has 1 aliphatic rings. The molecule has 1 aliphatic heterocycles. The van der Waals surface area contributed by atoms with Gasteiger partial charge in [0.25, 0.3) is 0 Å². The Balaban J connectivity index is 0.000000135.